The standard InChI is InChI=1S/C18H20N2O4/c1-2-23-16-8-4-3-7-15(16)20-18(22)14-10-13(14)17(21)19-11-12-6-5-9-24-12/h3-9,13-14H,2,10-11H2,1H3,(H,19,21)(H,20,22). The van der Waals surface area contributed by atoms with E-state index in [9.17, 15) is 9.59 Å². The fraction of sp³-hybridized carbons (Fsp3) is 0.333. The number of amides is 2. The molecular formula is C18H20N2O4. The van der Waals surface area contributed by atoms with Crippen LogP contribution in [-0.4, -0.2) is 18.4 Å². The third-order valence-electron chi connectivity index (χ3n) is 3.93. The summed E-state index contributed by atoms with van der Waals surface area (Å²) in [6.07, 6.45) is 2.12. The molecule has 0 bridgehead atoms. The topological polar surface area (TPSA) is 80.6 Å². The number of furan rings is 1. The van der Waals surface area contributed by atoms with Gasteiger partial charge in [-0.3, -0.25) is 9.59 Å². The Morgan fingerprint density at radius 3 is 2.71 bits per heavy atom. The Labute approximate surface area is 140 Å². The molecule has 6 heteroatoms. The van der Waals surface area contributed by atoms with Gasteiger partial charge in [-0.15, -0.1) is 0 Å². The maximum atomic E-state index is 12.3. The van der Waals surface area contributed by atoms with Crippen molar-refractivity contribution in [2.45, 2.75) is 19.9 Å². The van der Waals surface area contributed by atoms with E-state index in [0.29, 0.717) is 36.8 Å². The number of carbonyl (C=O) groups excluding carboxylic acids is 2. The van der Waals surface area contributed by atoms with Crippen LogP contribution in [0.2, 0.25) is 0 Å². The Balaban J connectivity index is 1.51. The van der Waals surface area contributed by atoms with Gasteiger partial charge < -0.3 is 19.8 Å². The first-order valence-corrected chi connectivity index (χ1v) is 8.01. The van der Waals surface area contributed by atoms with Gasteiger partial charge in [0.1, 0.15) is 11.5 Å². The molecule has 1 fully saturated rings. The molecule has 0 radical (unpaired) electrons. The molecule has 126 valence electrons. The van der Waals surface area contributed by atoms with E-state index in [2.05, 4.69) is 10.6 Å². The largest absolute Gasteiger partial charge is 0.492 e. The summed E-state index contributed by atoms with van der Waals surface area (Å²) in [6.45, 7) is 2.75. The molecule has 2 aromatic rings. The van der Waals surface area contributed by atoms with E-state index in [-0.39, 0.29) is 23.7 Å². The monoisotopic (exact) mass is 328 g/mol. The summed E-state index contributed by atoms with van der Waals surface area (Å²) in [7, 11) is 0. The molecule has 3 rings (SSSR count). The Morgan fingerprint density at radius 1 is 1.17 bits per heavy atom. The highest BCUT2D eigenvalue weighted by molar-refractivity contribution is 6.00. The normalized spacial score (nSPS) is 18.7. The van der Waals surface area contributed by atoms with Gasteiger partial charge in [0, 0.05) is 0 Å². The molecule has 0 saturated heterocycles. The molecule has 1 aliphatic rings. The molecule has 6 nitrogen and oxygen atoms in total. The van der Waals surface area contributed by atoms with Gasteiger partial charge in [0.15, 0.2) is 0 Å². The van der Waals surface area contributed by atoms with E-state index >= 15 is 0 Å². The first-order valence-electron chi connectivity index (χ1n) is 8.01. The zero-order valence-corrected chi connectivity index (χ0v) is 13.5. The molecular weight excluding hydrogens is 308 g/mol. The van der Waals surface area contributed by atoms with E-state index in [0.717, 1.165) is 0 Å². The molecule has 2 amide bonds. The molecule has 1 aliphatic carbocycles. The molecule has 0 spiro atoms. The summed E-state index contributed by atoms with van der Waals surface area (Å²) in [5, 5.41) is 5.64. The van der Waals surface area contributed by atoms with Crippen LogP contribution < -0.4 is 15.4 Å². The molecule has 1 aromatic carbocycles. The fourth-order valence-corrected chi connectivity index (χ4v) is 2.57. The zero-order valence-electron chi connectivity index (χ0n) is 13.5. The van der Waals surface area contributed by atoms with Gasteiger partial charge >= 0.3 is 0 Å². The van der Waals surface area contributed by atoms with Crippen LogP contribution in [0.15, 0.2) is 47.1 Å². The van der Waals surface area contributed by atoms with Crippen molar-refractivity contribution in [2.24, 2.45) is 11.8 Å². The van der Waals surface area contributed by atoms with Gasteiger partial charge in [-0.2, -0.15) is 0 Å². The summed E-state index contributed by atoms with van der Waals surface area (Å²) < 4.78 is 10.7. The van der Waals surface area contributed by atoms with Crippen molar-refractivity contribution in [3.8, 4) is 5.75 Å². The number of anilines is 1. The number of nitrogens with one attached hydrogen (secondary N) is 2. The first-order chi connectivity index (χ1) is 11.7. The van der Waals surface area contributed by atoms with Crippen LogP contribution in [0, 0.1) is 11.8 Å². The lowest BCUT2D eigenvalue weighted by Crippen LogP contribution is -2.27. The highest BCUT2D eigenvalue weighted by Crippen LogP contribution is 2.40. The van der Waals surface area contributed by atoms with Crippen molar-refractivity contribution < 1.29 is 18.7 Å². The second-order valence-corrected chi connectivity index (χ2v) is 5.66. The van der Waals surface area contributed by atoms with Crippen LogP contribution in [0.1, 0.15) is 19.1 Å². The number of para-hydroxylation sites is 2. The van der Waals surface area contributed by atoms with Crippen molar-refractivity contribution in [1.29, 1.82) is 0 Å². The highest BCUT2D eigenvalue weighted by atomic mass is 16.5. The fourth-order valence-electron chi connectivity index (χ4n) is 2.57. The molecule has 0 aliphatic heterocycles. The summed E-state index contributed by atoms with van der Waals surface area (Å²) in [5.41, 5.74) is 0.631. The van der Waals surface area contributed by atoms with Crippen LogP contribution in [-0.2, 0) is 16.1 Å². The second-order valence-electron chi connectivity index (χ2n) is 5.66. The van der Waals surface area contributed by atoms with Crippen LogP contribution in [0.3, 0.4) is 0 Å². The predicted molar refractivity (Wildman–Crippen MR) is 88.4 cm³/mol. The van der Waals surface area contributed by atoms with E-state index < -0.39 is 0 Å². The lowest BCUT2D eigenvalue weighted by atomic mass is 10.2. The molecule has 1 aromatic heterocycles. The number of hydrogen-bond acceptors (Lipinski definition) is 4. The maximum absolute atomic E-state index is 12.3. The smallest absolute Gasteiger partial charge is 0.228 e. The average molecular weight is 328 g/mol. The lowest BCUT2D eigenvalue weighted by Gasteiger charge is -2.11. The van der Waals surface area contributed by atoms with Gasteiger partial charge in [0.05, 0.1) is 36.9 Å². The second kappa shape index (κ2) is 7.21. The lowest BCUT2D eigenvalue weighted by molar-refractivity contribution is -0.125. The maximum Gasteiger partial charge on any atom is 0.228 e. The van der Waals surface area contributed by atoms with Crippen LogP contribution in [0.5, 0.6) is 5.75 Å². The van der Waals surface area contributed by atoms with Gasteiger partial charge in [0.2, 0.25) is 11.8 Å². The molecule has 1 heterocycles. The number of ether oxygens (including phenoxy) is 1. The molecule has 2 unspecified atom stereocenters. The minimum Gasteiger partial charge on any atom is -0.492 e. The van der Waals surface area contributed by atoms with Gasteiger partial charge in [-0.25, -0.2) is 0 Å². The summed E-state index contributed by atoms with van der Waals surface area (Å²) in [6, 6.07) is 10.8. The minimum absolute atomic E-state index is 0.121. The Morgan fingerprint density at radius 2 is 1.96 bits per heavy atom. The third-order valence-corrected chi connectivity index (χ3v) is 3.93. The third kappa shape index (κ3) is 3.76. The van der Waals surface area contributed by atoms with E-state index in [1.807, 2.05) is 19.1 Å². The van der Waals surface area contributed by atoms with Crippen molar-refractivity contribution >= 4 is 17.5 Å². The van der Waals surface area contributed by atoms with Crippen molar-refractivity contribution in [1.82, 2.24) is 5.32 Å². The molecule has 24 heavy (non-hydrogen) atoms. The van der Waals surface area contributed by atoms with E-state index in [4.69, 9.17) is 9.15 Å². The first kappa shape index (κ1) is 16.1. The molecule has 2 N–H and O–H groups in total. The van der Waals surface area contributed by atoms with Crippen LogP contribution >= 0.6 is 0 Å². The number of benzene rings is 1. The highest BCUT2D eigenvalue weighted by Gasteiger charge is 2.48. The summed E-state index contributed by atoms with van der Waals surface area (Å²) >= 11 is 0. The van der Waals surface area contributed by atoms with E-state index in [1.54, 1.807) is 30.5 Å². The van der Waals surface area contributed by atoms with Crippen molar-refractivity contribution in [3.63, 3.8) is 0 Å². The Hall–Kier alpha value is -2.76. The van der Waals surface area contributed by atoms with Gasteiger partial charge in [-0.05, 0) is 37.6 Å². The average Bonchev–Trinajstić information content (AvgIpc) is 3.23. The predicted octanol–water partition coefficient (Wildman–Crippen LogP) is 2.57. The Kier molecular flexibility index (Phi) is 4.84. The van der Waals surface area contributed by atoms with Crippen LogP contribution in [0.25, 0.3) is 0 Å². The van der Waals surface area contributed by atoms with Crippen LogP contribution in [0.4, 0.5) is 5.69 Å². The van der Waals surface area contributed by atoms with E-state index in [1.165, 1.54) is 0 Å². The summed E-state index contributed by atoms with van der Waals surface area (Å²) in [4.78, 5) is 24.4. The number of carbonyl (C=O) groups is 2. The number of hydrogen-bond donors (Lipinski definition) is 2. The number of rotatable bonds is 7. The Bertz CT molecular complexity index is 712. The molecule has 1 saturated carbocycles. The SMILES string of the molecule is CCOc1ccccc1NC(=O)C1CC1C(=O)NCc1ccco1. The van der Waals surface area contributed by atoms with Gasteiger partial charge in [0.25, 0.3) is 0 Å². The summed E-state index contributed by atoms with van der Waals surface area (Å²) in [5.74, 6) is 0.476. The molecule has 2 atom stereocenters. The van der Waals surface area contributed by atoms with Crippen molar-refractivity contribution in [3.05, 3.63) is 48.4 Å². The zero-order chi connectivity index (χ0) is 16.9. The minimum atomic E-state index is -0.295. The van der Waals surface area contributed by atoms with Crippen molar-refractivity contribution in [2.75, 3.05) is 11.9 Å². The van der Waals surface area contributed by atoms with Gasteiger partial charge in [-0.1, -0.05) is 12.1 Å². The quantitative estimate of drug-likeness (QED) is 0.818.